The molecule has 2 heterocycles. The molecule has 1 aromatic rings. The minimum atomic E-state index is -2.32. The van der Waals surface area contributed by atoms with Crippen LogP contribution in [0.5, 0.6) is 0 Å². The van der Waals surface area contributed by atoms with Crippen molar-refractivity contribution in [2.75, 3.05) is 0 Å². The second kappa shape index (κ2) is 14.1. The molecule has 2 aliphatic heterocycles. The van der Waals surface area contributed by atoms with E-state index in [-0.39, 0.29) is 23.1 Å². The lowest BCUT2D eigenvalue weighted by atomic mass is 9.75. The van der Waals surface area contributed by atoms with E-state index >= 15 is 0 Å². The zero-order valence-electron chi connectivity index (χ0n) is 30.3. The number of benzene rings is 1. The van der Waals surface area contributed by atoms with Crippen molar-refractivity contribution in [2.24, 2.45) is 17.3 Å². The summed E-state index contributed by atoms with van der Waals surface area (Å²) >= 11 is 0. The van der Waals surface area contributed by atoms with Crippen LogP contribution in [0.25, 0.3) is 0 Å². The topological polar surface area (TPSA) is 161 Å². The van der Waals surface area contributed by atoms with Gasteiger partial charge in [0, 0.05) is 55.6 Å². The molecule has 1 aliphatic carbocycles. The first-order valence-corrected chi connectivity index (χ1v) is 16.7. The minimum Gasteiger partial charge on any atom is -0.457 e. The fourth-order valence-electron chi connectivity index (χ4n) is 7.21. The molecule has 272 valence electrons. The third-order valence-electron chi connectivity index (χ3n) is 9.80. The van der Waals surface area contributed by atoms with Crippen molar-refractivity contribution in [1.82, 2.24) is 0 Å². The molecular formula is C38H48O12. The van der Waals surface area contributed by atoms with Crippen LogP contribution in [0.2, 0.25) is 0 Å². The summed E-state index contributed by atoms with van der Waals surface area (Å²) < 4.78 is 36.7. The Bertz CT molecular complexity index is 1610. The van der Waals surface area contributed by atoms with Gasteiger partial charge in [-0.05, 0) is 39.0 Å². The van der Waals surface area contributed by atoms with Gasteiger partial charge in [-0.25, -0.2) is 9.59 Å². The number of carbonyl (C=O) groups excluding carboxylic acids is 5. The number of allylic oxidation sites excluding steroid dienone is 1. The summed E-state index contributed by atoms with van der Waals surface area (Å²) in [6.45, 7) is 15.2. The average Bonchev–Trinajstić information content (AvgIpc) is 3.39. The van der Waals surface area contributed by atoms with Crippen molar-refractivity contribution in [1.29, 1.82) is 0 Å². The van der Waals surface area contributed by atoms with Gasteiger partial charge < -0.3 is 33.5 Å². The second-order valence-corrected chi connectivity index (χ2v) is 14.2. The normalized spacial score (nSPS) is 34.7. The number of carbonyl (C=O) groups is 5. The quantitative estimate of drug-likeness (QED) is 0.177. The molecule has 2 fully saturated rings. The van der Waals surface area contributed by atoms with Crippen molar-refractivity contribution < 1.29 is 57.5 Å². The molecule has 9 unspecified atom stereocenters. The van der Waals surface area contributed by atoms with Crippen LogP contribution < -0.4 is 0 Å². The van der Waals surface area contributed by atoms with Crippen LogP contribution in [-0.2, 0) is 47.6 Å². The summed E-state index contributed by atoms with van der Waals surface area (Å²) in [4.78, 5) is 65.4. The molecule has 12 heteroatoms. The van der Waals surface area contributed by atoms with Gasteiger partial charge in [0.05, 0.1) is 5.56 Å². The molecule has 1 N–H and O–H groups in total. The van der Waals surface area contributed by atoms with E-state index in [0.717, 1.165) is 6.92 Å². The molecule has 0 spiro atoms. The van der Waals surface area contributed by atoms with Crippen LogP contribution in [0.1, 0.15) is 86.0 Å². The molecule has 1 saturated heterocycles. The number of aliphatic hydroxyl groups is 1. The fourth-order valence-corrected chi connectivity index (χ4v) is 7.21. The summed E-state index contributed by atoms with van der Waals surface area (Å²) in [5, 5.41) is 12.5. The van der Waals surface area contributed by atoms with Crippen molar-refractivity contribution in [3.05, 3.63) is 71.3 Å². The van der Waals surface area contributed by atoms with Gasteiger partial charge in [-0.15, -0.1) is 0 Å². The number of fused-ring (bicyclic) bond motifs is 3. The van der Waals surface area contributed by atoms with Gasteiger partial charge in [-0.1, -0.05) is 64.1 Å². The zero-order valence-corrected chi connectivity index (χ0v) is 30.3. The lowest BCUT2D eigenvalue weighted by molar-refractivity contribution is -0.285. The maximum atomic E-state index is 13.6. The van der Waals surface area contributed by atoms with Crippen molar-refractivity contribution in [3.8, 4) is 0 Å². The Hall–Kier alpha value is -4.29. The van der Waals surface area contributed by atoms with Gasteiger partial charge in [0.25, 0.3) is 0 Å². The first-order valence-electron chi connectivity index (χ1n) is 16.7. The van der Waals surface area contributed by atoms with Crippen LogP contribution >= 0.6 is 0 Å². The van der Waals surface area contributed by atoms with E-state index in [1.807, 2.05) is 0 Å². The lowest BCUT2D eigenvalue weighted by Crippen LogP contribution is -2.56. The monoisotopic (exact) mass is 696 g/mol. The molecule has 0 amide bonds. The molecule has 2 bridgehead atoms. The SMILES string of the molecule is CC=C(C)C(=O)OC1C(OC(C)=O)C2(O)OC1(C)C=C1C(OC(=O)c3ccccc3)C(C)CC1(OC(C)=O)C(OC(C)=O)C(C)C=CC2(C)C. The Kier molecular flexibility index (Phi) is 10.9. The predicted molar refractivity (Wildman–Crippen MR) is 179 cm³/mol. The Morgan fingerprint density at radius 3 is 2.00 bits per heavy atom. The Morgan fingerprint density at radius 1 is 0.840 bits per heavy atom. The van der Waals surface area contributed by atoms with Crippen LogP contribution in [0.4, 0.5) is 0 Å². The van der Waals surface area contributed by atoms with Gasteiger partial charge in [0.2, 0.25) is 5.79 Å². The maximum absolute atomic E-state index is 13.6. The number of rotatable bonds is 7. The van der Waals surface area contributed by atoms with E-state index in [0.29, 0.717) is 0 Å². The first kappa shape index (κ1) is 38.5. The summed E-state index contributed by atoms with van der Waals surface area (Å²) in [7, 11) is 0. The van der Waals surface area contributed by atoms with E-state index in [9.17, 15) is 29.1 Å². The molecule has 50 heavy (non-hydrogen) atoms. The van der Waals surface area contributed by atoms with Gasteiger partial charge in [-0.2, -0.15) is 0 Å². The minimum absolute atomic E-state index is 0.0422. The summed E-state index contributed by atoms with van der Waals surface area (Å²) in [6.07, 6.45) is 1.08. The molecule has 1 saturated carbocycles. The number of hydrogen-bond donors (Lipinski definition) is 1. The van der Waals surface area contributed by atoms with Gasteiger partial charge in [0.15, 0.2) is 23.9 Å². The highest BCUT2D eigenvalue weighted by Crippen LogP contribution is 2.55. The van der Waals surface area contributed by atoms with Crippen molar-refractivity contribution in [2.45, 2.75) is 117 Å². The van der Waals surface area contributed by atoms with E-state index in [1.54, 1.807) is 90.1 Å². The molecule has 0 radical (unpaired) electrons. The number of ether oxygens (including phenoxy) is 6. The van der Waals surface area contributed by atoms with Crippen LogP contribution in [-0.4, -0.2) is 76.4 Å². The molecule has 12 nitrogen and oxygen atoms in total. The standard InChI is InChI=1S/C38H48O12/c1-11-21(2)33(42)48-31-32(46-25(6)40)38(44)35(8,9)18-17-22(3)30(45-24(5)39)37(49-26(7)41)19-23(4)29(28(37)20-36(31,10)50-38)47-34(43)27-15-13-12-14-16-27/h11-18,20,22-23,29-32,44H,19H2,1-10H3. The van der Waals surface area contributed by atoms with E-state index in [4.69, 9.17) is 28.4 Å². The Labute approximate surface area is 292 Å². The molecule has 0 aromatic heterocycles. The van der Waals surface area contributed by atoms with E-state index in [2.05, 4.69) is 0 Å². The smallest absolute Gasteiger partial charge is 0.338 e. The highest BCUT2D eigenvalue weighted by Gasteiger charge is 2.70. The lowest BCUT2D eigenvalue weighted by Gasteiger charge is -2.41. The first-order chi connectivity index (χ1) is 23.2. The van der Waals surface area contributed by atoms with Gasteiger partial charge in [-0.3, -0.25) is 14.4 Å². The van der Waals surface area contributed by atoms with Crippen LogP contribution in [0.3, 0.4) is 0 Å². The summed E-state index contributed by atoms with van der Waals surface area (Å²) in [6, 6.07) is 8.31. The highest BCUT2D eigenvalue weighted by atomic mass is 16.7. The molecule has 1 aromatic carbocycles. The molecule has 3 aliphatic rings. The third-order valence-corrected chi connectivity index (χ3v) is 9.80. The molecule has 9 atom stereocenters. The van der Waals surface area contributed by atoms with E-state index < -0.39 is 88.5 Å². The van der Waals surface area contributed by atoms with E-state index in [1.165, 1.54) is 26.8 Å². The molecular weight excluding hydrogens is 648 g/mol. The summed E-state index contributed by atoms with van der Waals surface area (Å²) in [5.41, 5.74) is -4.25. The van der Waals surface area contributed by atoms with Crippen LogP contribution in [0.15, 0.2) is 65.8 Å². The largest absolute Gasteiger partial charge is 0.457 e. The van der Waals surface area contributed by atoms with Crippen molar-refractivity contribution >= 4 is 29.8 Å². The van der Waals surface area contributed by atoms with Gasteiger partial charge >= 0.3 is 29.8 Å². The Balaban J connectivity index is 2.11. The van der Waals surface area contributed by atoms with Gasteiger partial charge in [0.1, 0.15) is 11.7 Å². The highest BCUT2D eigenvalue weighted by molar-refractivity contribution is 5.90. The van der Waals surface area contributed by atoms with Crippen molar-refractivity contribution in [3.63, 3.8) is 0 Å². The number of hydrogen-bond acceptors (Lipinski definition) is 12. The molecule has 4 rings (SSSR count). The third kappa shape index (κ3) is 7.14. The van der Waals surface area contributed by atoms with Crippen LogP contribution in [0, 0.1) is 17.3 Å². The average molecular weight is 697 g/mol. The number of esters is 5. The maximum Gasteiger partial charge on any atom is 0.338 e. The summed E-state index contributed by atoms with van der Waals surface area (Å²) in [5.74, 6) is -7.08. The zero-order chi connectivity index (χ0) is 37.4. The predicted octanol–water partition coefficient (Wildman–Crippen LogP) is 4.93. The Morgan fingerprint density at radius 2 is 1.44 bits per heavy atom. The fraction of sp³-hybridized carbons (Fsp3) is 0.553. The second-order valence-electron chi connectivity index (χ2n) is 14.2.